The zero-order valence-electron chi connectivity index (χ0n) is 10.8. The van der Waals surface area contributed by atoms with Crippen LogP contribution in [0.5, 0.6) is 0 Å². The van der Waals surface area contributed by atoms with E-state index in [0.29, 0.717) is 22.8 Å². The fraction of sp³-hybridized carbons (Fsp3) is 0.833. The normalized spacial score (nSPS) is 26.2. The minimum atomic E-state index is -0.367. The average molecular weight is 288 g/mol. The van der Waals surface area contributed by atoms with Crippen molar-refractivity contribution in [2.75, 3.05) is 11.5 Å². The largest absolute Gasteiger partial charge is 0.393 e. The minimum absolute atomic E-state index is 0.324. The van der Waals surface area contributed by atoms with Crippen molar-refractivity contribution in [3.05, 3.63) is 11.7 Å². The van der Waals surface area contributed by atoms with Crippen LogP contribution in [-0.2, 0) is 6.42 Å². The summed E-state index contributed by atoms with van der Waals surface area (Å²) in [6.45, 7) is 4.27. The Kier molecular flexibility index (Phi) is 5.38. The number of aromatic nitrogens is 2. The second-order valence-electron chi connectivity index (χ2n) is 4.56. The third-order valence-corrected chi connectivity index (χ3v) is 6.04. The Bertz CT molecular complexity index is 373. The number of aliphatic hydroxyl groups excluding tert-OH is 1. The minimum Gasteiger partial charge on any atom is -0.393 e. The van der Waals surface area contributed by atoms with Gasteiger partial charge in [0.25, 0.3) is 0 Å². The van der Waals surface area contributed by atoms with Crippen LogP contribution in [0.25, 0.3) is 0 Å². The Morgan fingerprint density at radius 1 is 1.44 bits per heavy atom. The zero-order chi connectivity index (χ0) is 13.0. The van der Waals surface area contributed by atoms with E-state index in [-0.39, 0.29) is 6.10 Å². The molecule has 1 N–H and O–H groups in total. The summed E-state index contributed by atoms with van der Waals surface area (Å²) >= 11 is 3.86. The lowest BCUT2D eigenvalue weighted by molar-refractivity contribution is 0.151. The zero-order valence-corrected chi connectivity index (χ0v) is 12.5. The molecule has 0 bridgehead atoms. The van der Waals surface area contributed by atoms with Gasteiger partial charge < -0.3 is 9.63 Å². The molecule has 102 valence electrons. The lowest BCUT2D eigenvalue weighted by Crippen LogP contribution is -2.17. The van der Waals surface area contributed by atoms with Crippen molar-refractivity contribution < 1.29 is 9.63 Å². The maximum atomic E-state index is 9.74. The van der Waals surface area contributed by atoms with Crippen LogP contribution in [0.2, 0.25) is 0 Å². The molecular formula is C12H20N2O2S2. The number of rotatable bonds is 5. The molecule has 1 saturated heterocycles. The Morgan fingerprint density at radius 2 is 2.22 bits per heavy atom. The molecule has 18 heavy (non-hydrogen) atoms. The van der Waals surface area contributed by atoms with Crippen molar-refractivity contribution in [3.63, 3.8) is 0 Å². The lowest BCUT2D eigenvalue weighted by Gasteiger charge is -2.24. The van der Waals surface area contributed by atoms with Crippen LogP contribution in [0, 0.1) is 0 Å². The van der Waals surface area contributed by atoms with Gasteiger partial charge in [-0.1, -0.05) is 25.4 Å². The van der Waals surface area contributed by atoms with Crippen LogP contribution in [0.4, 0.5) is 0 Å². The summed E-state index contributed by atoms with van der Waals surface area (Å²) in [7, 11) is 0. The fourth-order valence-corrected chi connectivity index (χ4v) is 4.70. The van der Waals surface area contributed by atoms with Crippen molar-refractivity contribution in [1.82, 2.24) is 10.1 Å². The van der Waals surface area contributed by atoms with Crippen LogP contribution in [0.3, 0.4) is 0 Å². The first-order valence-corrected chi connectivity index (χ1v) is 8.54. The van der Waals surface area contributed by atoms with Crippen molar-refractivity contribution in [1.29, 1.82) is 0 Å². The molecule has 1 aliphatic rings. The van der Waals surface area contributed by atoms with E-state index in [1.165, 1.54) is 5.75 Å². The van der Waals surface area contributed by atoms with Gasteiger partial charge in [0.15, 0.2) is 5.82 Å². The number of hydrogen-bond donors (Lipinski definition) is 1. The molecule has 3 atom stereocenters. The maximum absolute atomic E-state index is 9.74. The van der Waals surface area contributed by atoms with Gasteiger partial charge >= 0.3 is 0 Å². The molecule has 0 spiro atoms. The molecule has 4 nitrogen and oxygen atoms in total. The van der Waals surface area contributed by atoms with Crippen LogP contribution in [-0.4, -0.2) is 38.1 Å². The Morgan fingerprint density at radius 3 is 2.94 bits per heavy atom. The van der Waals surface area contributed by atoms with E-state index in [9.17, 15) is 5.11 Å². The highest BCUT2D eigenvalue weighted by Gasteiger charge is 2.28. The first-order chi connectivity index (χ1) is 8.70. The van der Waals surface area contributed by atoms with E-state index in [1.54, 1.807) is 0 Å². The monoisotopic (exact) mass is 288 g/mol. The summed E-state index contributed by atoms with van der Waals surface area (Å²) in [5.74, 6) is 3.69. The average Bonchev–Trinajstić information content (AvgIpc) is 2.78. The standard InChI is InChI=1S/C12H20N2O2S2/c1-3-4-9(15)7-10-13-12(14-16-10)11-8(2)17-5-6-18-11/h8-9,11,15H,3-7H2,1-2H3. The molecule has 2 rings (SSSR count). The molecule has 1 aromatic heterocycles. The highest BCUT2D eigenvalue weighted by Crippen LogP contribution is 2.41. The molecule has 1 fully saturated rings. The number of nitrogens with zero attached hydrogens (tertiary/aromatic N) is 2. The highest BCUT2D eigenvalue weighted by molar-refractivity contribution is 8.06. The molecule has 2 heterocycles. The van der Waals surface area contributed by atoms with Crippen LogP contribution >= 0.6 is 23.5 Å². The van der Waals surface area contributed by atoms with Crippen LogP contribution in [0.15, 0.2) is 4.52 Å². The van der Waals surface area contributed by atoms with Gasteiger partial charge in [-0.3, -0.25) is 0 Å². The predicted octanol–water partition coefficient (Wildman–Crippen LogP) is 2.68. The molecule has 0 radical (unpaired) electrons. The molecular weight excluding hydrogens is 268 g/mol. The third kappa shape index (κ3) is 3.65. The summed E-state index contributed by atoms with van der Waals surface area (Å²) in [5, 5.41) is 14.7. The van der Waals surface area contributed by atoms with Crippen LogP contribution in [0.1, 0.15) is 43.7 Å². The summed E-state index contributed by atoms with van der Waals surface area (Å²) in [4.78, 5) is 4.43. The molecule has 6 heteroatoms. The Hall–Kier alpha value is -0.200. The smallest absolute Gasteiger partial charge is 0.229 e. The fourth-order valence-electron chi connectivity index (χ4n) is 2.02. The molecule has 0 aromatic carbocycles. The van der Waals surface area contributed by atoms with E-state index in [4.69, 9.17) is 4.52 Å². The van der Waals surface area contributed by atoms with E-state index in [2.05, 4.69) is 24.0 Å². The summed E-state index contributed by atoms with van der Waals surface area (Å²) in [6.07, 6.45) is 1.85. The van der Waals surface area contributed by atoms with Gasteiger partial charge in [-0.15, -0.1) is 11.8 Å². The van der Waals surface area contributed by atoms with Gasteiger partial charge in [0, 0.05) is 16.8 Å². The summed E-state index contributed by atoms with van der Waals surface area (Å²) in [5.41, 5.74) is 0. The van der Waals surface area contributed by atoms with Crippen molar-refractivity contribution in [3.8, 4) is 0 Å². The third-order valence-electron chi connectivity index (χ3n) is 2.96. The van der Waals surface area contributed by atoms with Crippen LogP contribution < -0.4 is 0 Å². The lowest BCUT2D eigenvalue weighted by atomic mass is 10.1. The van der Waals surface area contributed by atoms with Crippen molar-refractivity contribution in [2.24, 2.45) is 0 Å². The van der Waals surface area contributed by atoms with Crippen molar-refractivity contribution in [2.45, 2.75) is 49.7 Å². The van der Waals surface area contributed by atoms with E-state index < -0.39 is 0 Å². The Labute approximate surface area is 116 Å². The predicted molar refractivity (Wildman–Crippen MR) is 76.0 cm³/mol. The number of thioether (sulfide) groups is 2. The second-order valence-corrected chi connectivity index (χ2v) is 7.29. The van der Waals surface area contributed by atoms with Gasteiger partial charge in [0.1, 0.15) is 0 Å². The SMILES string of the molecule is CCCC(O)Cc1nc(C2SCCSC2C)no1. The van der Waals surface area contributed by atoms with Gasteiger partial charge in [0.2, 0.25) is 5.89 Å². The van der Waals surface area contributed by atoms with Gasteiger partial charge in [-0.05, 0) is 6.42 Å². The molecule has 3 unspecified atom stereocenters. The highest BCUT2D eigenvalue weighted by atomic mass is 32.2. The number of hydrogen-bond acceptors (Lipinski definition) is 6. The van der Waals surface area contributed by atoms with E-state index >= 15 is 0 Å². The Balaban J connectivity index is 1.96. The molecule has 1 aromatic rings. The van der Waals surface area contributed by atoms with E-state index in [0.717, 1.165) is 24.4 Å². The topological polar surface area (TPSA) is 59.2 Å². The summed E-state index contributed by atoms with van der Waals surface area (Å²) in [6, 6.07) is 0. The molecule has 0 saturated carbocycles. The van der Waals surface area contributed by atoms with Crippen molar-refractivity contribution >= 4 is 23.5 Å². The van der Waals surface area contributed by atoms with E-state index in [1.807, 2.05) is 23.5 Å². The summed E-state index contributed by atoms with van der Waals surface area (Å²) < 4.78 is 5.24. The number of aliphatic hydroxyl groups is 1. The molecule has 0 aliphatic carbocycles. The van der Waals surface area contributed by atoms with Gasteiger partial charge in [-0.2, -0.15) is 16.7 Å². The quantitative estimate of drug-likeness (QED) is 0.899. The second kappa shape index (κ2) is 6.82. The van der Waals surface area contributed by atoms with Gasteiger partial charge in [0.05, 0.1) is 17.8 Å². The molecule has 1 aliphatic heterocycles. The van der Waals surface area contributed by atoms with Gasteiger partial charge in [-0.25, -0.2) is 0 Å². The molecule has 0 amide bonds. The maximum Gasteiger partial charge on any atom is 0.229 e. The first-order valence-electron chi connectivity index (χ1n) is 6.44. The first kappa shape index (κ1) is 14.2.